The van der Waals surface area contributed by atoms with Gasteiger partial charge in [0.05, 0.1) is 5.56 Å². The van der Waals surface area contributed by atoms with Crippen LogP contribution >= 0.6 is 12.6 Å². The number of amides is 1. The first-order valence-electron chi connectivity index (χ1n) is 4.12. The molecule has 0 aliphatic carbocycles. The summed E-state index contributed by atoms with van der Waals surface area (Å²) in [6.45, 7) is 0.464. The molecule has 0 atom stereocenters. The Kier molecular flexibility index (Phi) is 3.64. The number of carbonyl (C=O) groups is 1. The fourth-order valence-electron chi connectivity index (χ4n) is 1.01. The highest BCUT2D eigenvalue weighted by atomic mass is 32.1. The molecule has 0 aliphatic rings. The van der Waals surface area contributed by atoms with Crippen molar-refractivity contribution in [2.75, 3.05) is 18.0 Å². The van der Waals surface area contributed by atoms with Gasteiger partial charge < -0.3 is 16.2 Å². The Morgan fingerprint density at radius 1 is 1.57 bits per heavy atom. The molecular formula is C9H12N2O2S. The molecule has 0 saturated carbocycles. The molecule has 4 N–H and O–H groups in total. The molecule has 1 aromatic rings. The molecule has 0 unspecified atom stereocenters. The van der Waals surface area contributed by atoms with Gasteiger partial charge in [0, 0.05) is 24.1 Å². The lowest BCUT2D eigenvalue weighted by Crippen LogP contribution is -2.25. The van der Waals surface area contributed by atoms with Gasteiger partial charge in [-0.2, -0.15) is 12.6 Å². The summed E-state index contributed by atoms with van der Waals surface area (Å²) in [7, 11) is 0. The topological polar surface area (TPSA) is 75.4 Å². The van der Waals surface area contributed by atoms with Crippen LogP contribution in [0.2, 0.25) is 0 Å². The maximum atomic E-state index is 11.4. The third kappa shape index (κ3) is 2.56. The number of hydrogen-bond acceptors (Lipinski definition) is 4. The molecule has 1 rings (SSSR count). The lowest BCUT2D eigenvalue weighted by atomic mass is 10.1. The number of rotatable bonds is 3. The van der Waals surface area contributed by atoms with Crippen molar-refractivity contribution in [1.82, 2.24) is 5.32 Å². The fourth-order valence-corrected chi connectivity index (χ4v) is 1.12. The highest BCUT2D eigenvalue weighted by Gasteiger charge is 2.09. The molecule has 76 valence electrons. The molecule has 1 aromatic carbocycles. The molecule has 0 heterocycles. The molecule has 5 heteroatoms. The molecule has 0 aliphatic heterocycles. The number of anilines is 1. The van der Waals surface area contributed by atoms with E-state index in [-0.39, 0.29) is 17.2 Å². The summed E-state index contributed by atoms with van der Waals surface area (Å²) in [6, 6.07) is 4.39. The molecule has 0 aromatic heterocycles. The summed E-state index contributed by atoms with van der Waals surface area (Å²) in [5.41, 5.74) is 6.07. The van der Waals surface area contributed by atoms with Gasteiger partial charge >= 0.3 is 0 Å². The number of hydrogen-bond donors (Lipinski definition) is 4. The molecule has 0 radical (unpaired) electrons. The number of phenolic OH excluding ortho intramolecular Hbond substituents is 1. The van der Waals surface area contributed by atoms with Crippen LogP contribution in [0.15, 0.2) is 18.2 Å². The van der Waals surface area contributed by atoms with Gasteiger partial charge in [-0.25, -0.2) is 0 Å². The number of carbonyl (C=O) groups excluding carboxylic acids is 1. The average molecular weight is 212 g/mol. The van der Waals surface area contributed by atoms with Gasteiger partial charge in [0.2, 0.25) is 0 Å². The number of phenols is 1. The van der Waals surface area contributed by atoms with Crippen LogP contribution in [0, 0.1) is 0 Å². The van der Waals surface area contributed by atoms with Crippen LogP contribution in [0.1, 0.15) is 10.4 Å². The Morgan fingerprint density at radius 3 is 2.86 bits per heavy atom. The van der Waals surface area contributed by atoms with E-state index >= 15 is 0 Å². The molecule has 0 spiro atoms. The summed E-state index contributed by atoms with van der Waals surface area (Å²) in [4.78, 5) is 11.4. The van der Waals surface area contributed by atoms with Crippen molar-refractivity contribution in [3.63, 3.8) is 0 Å². The zero-order valence-corrected chi connectivity index (χ0v) is 8.42. The van der Waals surface area contributed by atoms with Crippen LogP contribution in [0.4, 0.5) is 5.69 Å². The van der Waals surface area contributed by atoms with Crippen LogP contribution in [0.25, 0.3) is 0 Å². The van der Waals surface area contributed by atoms with Gasteiger partial charge in [0.1, 0.15) is 5.75 Å². The average Bonchev–Trinajstić information content (AvgIpc) is 2.14. The minimum absolute atomic E-state index is 0.110. The summed E-state index contributed by atoms with van der Waals surface area (Å²) in [5.74, 6) is 0.125. The van der Waals surface area contributed by atoms with Crippen LogP contribution in [0.3, 0.4) is 0 Å². The summed E-state index contributed by atoms with van der Waals surface area (Å²) >= 11 is 3.95. The lowest BCUT2D eigenvalue weighted by molar-refractivity contribution is 0.0953. The first-order valence-corrected chi connectivity index (χ1v) is 4.76. The smallest absolute Gasteiger partial charge is 0.255 e. The minimum atomic E-state index is -0.323. The van der Waals surface area contributed by atoms with E-state index in [1.165, 1.54) is 12.1 Å². The Bertz CT molecular complexity index is 342. The largest absolute Gasteiger partial charge is 0.507 e. The highest BCUT2D eigenvalue weighted by molar-refractivity contribution is 7.80. The van der Waals surface area contributed by atoms with Gasteiger partial charge in [0.15, 0.2) is 0 Å². The number of nitrogen functional groups attached to an aromatic ring is 1. The van der Waals surface area contributed by atoms with Crippen molar-refractivity contribution in [2.45, 2.75) is 0 Å². The maximum absolute atomic E-state index is 11.4. The number of nitrogens with one attached hydrogen (secondary N) is 1. The van der Waals surface area contributed by atoms with E-state index in [1.807, 2.05) is 0 Å². The molecule has 4 nitrogen and oxygen atoms in total. The van der Waals surface area contributed by atoms with Crippen molar-refractivity contribution >= 4 is 24.2 Å². The second-order valence-corrected chi connectivity index (χ2v) is 3.20. The van der Waals surface area contributed by atoms with E-state index < -0.39 is 0 Å². The monoisotopic (exact) mass is 212 g/mol. The van der Waals surface area contributed by atoms with Crippen molar-refractivity contribution in [3.8, 4) is 5.75 Å². The number of benzene rings is 1. The van der Waals surface area contributed by atoms with Crippen LogP contribution < -0.4 is 11.1 Å². The van der Waals surface area contributed by atoms with E-state index in [0.29, 0.717) is 18.0 Å². The molecule has 0 saturated heterocycles. The SMILES string of the molecule is Nc1ccc(C(=O)NCCS)c(O)c1. The van der Waals surface area contributed by atoms with E-state index in [4.69, 9.17) is 5.73 Å². The number of aromatic hydroxyl groups is 1. The molecule has 1 amide bonds. The number of thiol groups is 1. The maximum Gasteiger partial charge on any atom is 0.255 e. The van der Waals surface area contributed by atoms with Crippen molar-refractivity contribution < 1.29 is 9.90 Å². The van der Waals surface area contributed by atoms with Crippen LogP contribution in [-0.2, 0) is 0 Å². The van der Waals surface area contributed by atoms with Crippen molar-refractivity contribution in [2.24, 2.45) is 0 Å². The van der Waals surface area contributed by atoms with Gasteiger partial charge in [-0.05, 0) is 12.1 Å². The minimum Gasteiger partial charge on any atom is -0.507 e. The zero-order valence-electron chi connectivity index (χ0n) is 7.53. The zero-order chi connectivity index (χ0) is 10.6. The third-order valence-corrected chi connectivity index (χ3v) is 1.89. The Balaban J connectivity index is 2.80. The van der Waals surface area contributed by atoms with Gasteiger partial charge in [-0.3, -0.25) is 4.79 Å². The van der Waals surface area contributed by atoms with Gasteiger partial charge in [-0.1, -0.05) is 0 Å². The highest BCUT2D eigenvalue weighted by Crippen LogP contribution is 2.19. The third-order valence-electron chi connectivity index (χ3n) is 1.66. The summed E-state index contributed by atoms with van der Waals surface area (Å²) in [6.07, 6.45) is 0. The van der Waals surface area contributed by atoms with Gasteiger partial charge in [-0.15, -0.1) is 0 Å². The van der Waals surface area contributed by atoms with Crippen molar-refractivity contribution in [1.29, 1.82) is 0 Å². The predicted molar refractivity (Wildman–Crippen MR) is 58.7 cm³/mol. The summed E-state index contributed by atoms with van der Waals surface area (Å²) < 4.78 is 0. The fraction of sp³-hybridized carbons (Fsp3) is 0.222. The van der Waals surface area contributed by atoms with E-state index in [9.17, 15) is 9.90 Å². The standard InChI is InChI=1S/C9H12N2O2S/c10-6-1-2-7(8(12)5-6)9(13)11-3-4-14/h1-2,5,12,14H,3-4,10H2,(H,11,13). The molecule has 0 fully saturated rings. The van der Waals surface area contributed by atoms with E-state index in [0.717, 1.165) is 0 Å². The second-order valence-electron chi connectivity index (χ2n) is 2.76. The predicted octanol–water partition coefficient (Wildman–Crippen LogP) is 0.634. The number of nitrogens with two attached hydrogens (primary N) is 1. The first kappa shape index (κ1) is 10.7. The van der Waals surface area contributed by atoms with Crippen molar-refractivity contribution in [3.05, 3.63) is 23.8 Å². The van der Waals surface area contributed by atoms with Crippen LogP contribution in [0.5, 0.6) is 5.75 Å². The van der Waals surface area contributed by atoms with E-state index in [1.54, 1.807) is 6.07 Å². The lowest BCUT2D eigenvalue weighted by Gasteiger charge is -2.05. The van der Waals surface area contributed by atoms with Crippen LogP contribution in [-0.4, -0.2) is 23.3 Å². The van der Waals surface area contributed by atoms with E-state index in [2.05, 4.69) is 17.9 Å². The quantitative estimate of drug-likeness (QED) is 0.438. The molecule has 0 bridgehead atoms. The first-order chi connectivity index (χ1) is 6.65. The normalized spacial score (nSPS) is 9.79. The Morgan fingerprint density at radius 2 is 2.29 bits per heavy atom. The molecular weight excluding hydrogens is 200 g/mol. The molecule has 14 heavy (non-hydrogen) atoms. The Hall–Kier alpha value is -1.36. The van der Waals surface area contributed by atoms with Gasteiger partial charge in [0.25, 0.3) is 5.91 Å². The summed E-state index contributed by atoms with van der Waals surface area (Å²) in [5, 5.41) is 12.0. The second kappa shape index (κ2) is 4.76. The Labute approximate surface area is 87.5 Å².